The van der Waals surface area contributed by atoms with Gasteiger partial charge in [0.25, 0.3) is 5.91 Å². The molecular formula is C25H31N3O2S. The van der Waals surface area contributed by atoms with Crippen LogP contribution in [0.2, 0.25) is 0 Å². The molecule has 2 amide bonds. The van der Waals surface area contributed by atoms with Gasteiger partial charge in [-0.2, -0.15) is 11.8 Å². The second kappa shape index (κ2) is 10.8. The highest BCUT2D eigenvalue weighted by Gasteiger charge is 2.26. The van der Waals surface area contributed by atoms with Gasteiger partial charge in [-0.25, -0.2) is 0 Å². The topological polar surface area (TPSA) is 52.7 Å². The second-order valence-corrected chi connectivity index (χ2v) is 9.55. The lowest BCUT2D eigenvalue weighted by Gasteiger charge is -2.26. The molecule has 6 heteroatoms. The molecule has 0 aromatic heterocycles. The van der Waals surface area contributed by atoms with Gasteiger partial charge in [0.2, 0.25) is 5.91 Å². The molecule has 2 aliphatic heterocycles. The Bertz CT molecular complexity index is 883. The Morgan fingerprint density at radius 3 is 2.61 bits per heavy atom. The molecule has 0 spiro atoms. The summed E-state index contributed by atoms with van der Waals surface area (Å²) in [5.74, 6) is 2.02. The van der Waals surface area contributed by atoms with Gasteiger partial charge in [0.15, 0.2) is 0 Å². The molecule has 1 N–H and O–H groups in total. The molecule has 2 fully saturated rings. The number of carbonyl (C=O) groups excluding carboxylic acids is 2. The zero-order valence-corrected chi connectivity index (χ0v) is 18.8. The molecule has 2 heterocycles. The number of nitrogens with zero attached hydrogens (tertiary/aromatic N) is 2. The van der Waals surface area contributed by atoms with Crippen molar-refractivity contribution in [3.8, 4) is 0 Å². The van der Waals surface area contributed by atoms with E-state index in [4.69, 9.17) is 0 Å². The molecule has 1 atom stereocenters. The van der Waals surface area contributed by atoms with Gasteiger partial charge >= 0.3 is 0 Å². The molecule has 2 aromatic carbocycles. The SMILES string of the molecule is O=C(CN1CCCC1CCc1ccccc1)Nc1cccc(C(=O)N2CCSCC2)c1. The van der Waals surface area contributed by atoms with Crippen molar-refractivity contribution in [2.45, 2.75) is 31.7 Å². The van der Waals surface area contributed by atoms with Crippen LogP contribution in [-0.2, 0) is 11.2 Å². The highest BCUT2D eigenvalue weighted by molar-refractivity contribution is 7.99. The molecule has 1 unspecified atom stereocenters. The van der Waals surface area contributed by atoms with Crippen molar-refractivity contribution in [3.05, 3.63) is 65.7 Å². The van der Waals surface area contributed by atoms with E-state index < -0.39 is 0 Å². The van der Waals surface area contributed by atoms with Gasteiger partial charge in [0, 0.05) is 41.9 Å². The Labute approximate surface area is 189 Å². The Balaban J connectivity index is 1.30. The highest BCUT2D eigenvalue weighted by Crippen LogP contribution is 2.22. The molecule has 0 aliphatic carbocycles. The normalized spacial score (nSPS) is 19.4. The predicted molar refractivity (Wildman–Crippen MR) is 128 cm³/mol. The largest absolute Gasteiger partial charge is 0.337 e. The smallest absolute Gasteiger partial charge is 0.253 e. The number of thioether (sulfide) groups is 1. The first-order chi connectivity index (χ1) is 15.2. The number of anilines is 1. The Kier molecular flexibility index (Phi) is 7.65. The van der Waals surface area contributed by atoms with E-state index >= 15 is 0 Å². The highest BCUT2D eigenvalue weighted by atomic mass is 32.2. The number of aryl methyl sites for hydroxylation is 1. The summed E-state index contributed by atoms with van der Waals surface area (Å²) in [6.45, 7) is 2.96. The number of amides is 2. The van der Waals surface area contributed by atoms with E-state index in [1.807, 2.05) is 40.9 Å². The van der Waals surface area contributed by atoms with Crippen molar-refractivity contribution in [2.24, 2.45) is 0 Å². The van der Waals surface area contributed by atoms with E-state index in [1.165, 1.54) is 5.56 Å². The number of rotatable bonds is 7. The summed E-state index contributed by atoms with van der Waals surface area (Å²) in [5.41, 5.74) is 2.70. The minimum Gasteiger partial charge on any atom is -0.337 e. The van der Waals surface area contributed by atoms with Gasteiger partial charge in [0.05, 0.1) is 6.54 Å². The third-order valence-corrected chi connectivity index (χ3v) is 7.09. The summed E-state index contributed by atoms with van der Waals surface area (Å²) >= 11 is 1.88. The number of nitrogens with one attached hydrogen (secondary N) is 1. The van der Waals surface area contributed by atoms with E-state index in [9.17, 15) is 9.59 Å². The molecule has 0 radical (unpaired) electrons. The lowest BCUT2D eigenvalue weighted by atomic mass is 10.0. The summed E-state index contributed by atoms with van der Waals surface area (Å²) < 4.78 is 0. The Morgan fingerprint density at radius 2 is 1.81 bits per heavy atom. The zero-order valence-electron chi connectivity index (χ0n) is 18.0. The van der Waals surface area contributed by atoms with Crippen molar-refractivity contribution in [2.75, 3.05) is 43.0 Å². The molecule has 0 bridgehead atoms. The number of benzene rings is 2. The van der Waals surface area contributed by atoms with Crippen LogP contribution in [0.5, 0.6) is 0 Å². The summed E-state index contributed by atoms with van der Waals surface area (Å²) in [6, 6.07) is 18.3. The standard InChI is InChI=1S/C25H31N3O2S/c29-24(19-28-13-5-10-23(28)12-11-20-6-2-1-3-7-20)26-22-9-4-8-21(18-22)25(30)27-14-16-31-17-15-27/h1-4,6-9,18,23H,5,10-17,19H2,(H,26,29). The van der Waals surface area contributed by atoms with E-state index in [1.54, 1.807) is 6.07 Å². The van der Waals surface area contributed by atoms with Crippen molar-refractivity contribution < 1.29 is 9.59 Å². The lowest BCUT2D eigenvalue weighted by Crippen LogP contribution is -2.38. The summed E-state index contributed by atoms with van der Waals surface area (Å²) in [7, 11) is 0. The van der Waals surface area contributed by atoms with Gasteiger partial charge in [-0.05, 0) is 56.0 Å². The fourth-order valence-electron chi connectivity index (χ4n) is 4.47. The quantitative estimate of drug-likeness (QED) is 0.714. The third-order valence-electron chi connectivity index (χ3n) is 6.15. The van der Waals surface area contributed by atoms with E-state index in [0.29, 0.717) is 23.8 Å². The average molecular weight is 438 g/mol. The molecular weight excluding hydrogens is 406 g/mol. The van der Waals surface area contributed by atoms with Gasteiger partial charge < -0.3 is 10.2 Å². The van der Waals surface area contributed by atoms with Crippen molar-refractivity contribution in [1.82, 2.24) is 9.80 Å². The lowest BCUT2D eigenvalue weighted by molar-refractivity contribution is -0.117. The molecule has 0 saturated carbocycles. The first-order valence-electron chi connectivity index (χ1n) is 11.2. The van der Waals surface area contributed by atoms with E-state index in [0.717, 1.165) is 56.8 Å². The van der Waals surface area contributed by atoms with Crippen LogP contribution in [0, 0.1) is 0 Å². The maximum absolute atomic E-state index is 12.7. The Morgan fingerprint density at radius 1 is 1.00 bits per heavy atom. The minimum atomic E-state index is -0.00872. The van der Waals surface area contributed by atoms with Gasteiger partial charge in [-0.3, -0.25) is 14.5 Å². The summed E-state index contributed by atoms with van der Waals surface area (Å²) in [5, 5.41) is 3.01. The summed E-state index contributed by atoms with van der Waals surface area (Å²) in [6.07, 6.45) is 4.42. The fourth-order valence-corrected chi connectivity index (χ4v) is 5.38. The molecule has 4 rings (SSSR count). The van der Waals surface area contributed by atoms with Gasteiger partial charge in [0.1, 0.15) is 0 Å². The maximum atomic E-state index is 12.7. The van der Waals surface area contributed by atoms with Crippen LogP contribution in [-0.4, -0.2) is 65.3 Å². The van der Waals surface area contributed by atoms with Crippen molar-refractivity contribution in [1.29, 1.82) is 0 Å². The maximum Gasteiger partial charge on any atom is 0.253 e. The van der Waals surface area contributed by atoms with Crippen LogP contribution in [0.1, 0.15) is 35.2 Å². The molecule has 31 heavy (non-hydrogen) atoms. The number of hydrogen-bond acceptors (Lipinski definition) is 4. The van der Waals surface area contributed by atoms with Gasteiger partial charge in [-0.15, -0.1) is 0 Å². The number of hydrogen-bond donors (Lipinski definition) is 1. The minimum absolute atomic E-state index is 0.00872. The van der Waals surface area contributed by atoms with Crippen LogP contribution in [0.3, 0.4) is 0 Å². The van der Waals surface area contributed by atoms with Crippen LogP contribution in [0.4, 0.5) is 5.69 Å². The van der Waals surface area contributed by atoms with Crippen LogP contribution in [0.15, 0.2) is 54.6 Å². The molecule has 2 saturated heterocycles. The van der Waals surface area contributed by atoms with Crippen LogP contribution >= 0.6 is 11.8 Å². The van der Waals surface area contributed by atoms with Crippen LogP contribution in [0.25, 0.3) is 0 Å². The average Bonchev–Trinajstić information content (AvgIpc) is 3.25. The first-order valence-corrected chi connectivity index (χ1v) is 12.4. The van der Waals surface area contributed by atoms with E-state index in [-0.39, 0.29) is 11.8 Å². The van der Waals surface area contributed by atoms with Crippen molar-refractivity contribution in [3.63, 3.8) is 0 Å². The Hall–Kier alpha value is -2.31. The fraction of sp³-hybridized carbons (Fsp3) is 0.440. The van der Waals surface area contributed by atoms with Gasteiger partial charge in [-0.1, -0.05) is 36.4 Å². The monoisotopic (exact) mass is 437 g/mol. The van der Waals surface area contributed by atoms with E-state index in [2.05, 4.69) is 34.5 Å². The third kappa shape index (κ3) is 6.11. The zero-order chi connectivity index (χ0) is 21.5. The van der Waals surface area contributed by atoms with Crippen LogP contribution < -0.4 is 5.32 Å². The molecule has 2 aromatic rings. The predicted octanol–water partition coefficient (Wildman–Crippen LogP) is 3.91. The first kappa shape index (κ1) is 21.9. The molecule has 2 aliphatic rings. The number of carbonyl (C=O) groups is 2. The summed E-state index contributed by atoms with van der Waals surface area (Å²) in [4.78, 5) is 29.7. The molecule has 164 valence electrons. The second-order valence-electron chi connectivity index (χ2n) is 8.32. The number of likely N-dealkylation sites (tertiary alicyclic amines) is 1. The van der Waals surface area contributed by atoms with Crippen molar-refractivity contribution >= 4 is 29.3 Å². The molecule has 5 nitrogen and oxygen atoms in total.